The van der Waals surface area contributed by atoms with Gasteiger partial charge in [-0.3, -0.25) is 13.9 Å². The van der Waals surface area contributed by atoms with E-state index in [2.05, 4.69) is 5.32 Å². The van der Waals surface area contributed by atoms with Crippen molar-refractivity contribution in [2.24, 2.45) is 0 Å². The molecular weight excluding hydrogens is 497 g/mol. The number of sulfonamides is 1. The normalized spacial score (nSPS) is 12.1. The molecular formula is C24H31Cl2N3O4S. The van der Waals surface area contributed by atoms with Gasteiger partial charge in [0.1, 0.15) is 12.6 Å². The molecule has 0 aliphatic carbocycles. The van der Waals surface area contributed by atoms with Crippen LogP contribution >= 0.6 is 23.2 Å². The van der Waals surface area contributed by atoms with E-state index in [1.807, 2.05) is 13.8 Å². The van der Waals surface area contributed by atoms with Crippen LogP contribution in [0.3, 0.4) is 0 Å². The SMILES string of the molecule is CCCCNC(=O)C(CC)N(Cc1ccc(Cl)cc1)C(=O)CN(c1cccc(Cl)c1)S(C)(=O)=O. The van der Waals surface area contributed by atoms with E-state index < -0.39 is 28.5 Å². The summed E-state index contributed by atoms with van der Waals surface area (Å²) in [6.45, 7) is 4.01. The van der Waals surface area contributed by atoms with Crippen LogP contribution in [0.5, 0.6) is 0 Å². The van der Waals surface area contributed by atoms with Gasteiger partial charge in [-0.1, -0.05) is 61.7 Å². The van der Waals surface area contributed by atoms with Gasteiger partial charge in [-0.2, -0.15) is 0 Å². The number of carbonyl (C=O) groups excluding carboxylic acids is 2. The van der Waals surface area contributed by atoms with Crippen molar-refractivity contribution < 1.29 is 18.0 Å². The minimum Gasteiger partial charge on any atom is -0.354 e. The number of nitrogens with one attached hydrogen (secondary N) is 1. The Morgan fingerprint density at radius 3 is 2.26 bits per heavy atom. The summed E-state index contributed by atoms with van der Waals surface area (Å²) in [6, 6.07) is 12.5. The van der Waals surface area contributed by atoms with Crippen LogP contribution in [0.1, 0.15) is 38.7 Å². The van der Waals surface area contributed by atoms with Gasteiger partial charge in [0.05, 0.1) is 11.9 Å². The molecule has 0 spiro atoms. The molecule has 0 fully saturated rings. The van der Waals surface area contributed by atoms with E-state index in [1.54, 1.807) is 42.5 Å². The minimum atomic E-state index is -3.80. The van der Waals surface area contributed by atoms with E-state index in [-0.39, 0.29) is 18.1 Å². The van der Waals surface area contributed by atoms with Crippen LogP contribution in [0.2, 0.25) is 10.0 Å². The van der Waals surface area contributed by atoms with Crippen molar-refractivity contribution in [3.05, 3.63) is 64.1 Å². The first-order valence-corrected chi connectivity index (χ1v) is 13.7. The van der Waals surface area contributed by atoms with Crippen molar-refractivity contribution in [2.45, 2.75) is 45.7 Å². The highest BCUT2D eigenvalue weighted by Gasteiger charge is 2.31. The van der Waals surface area contributed by atoms with Crippen molar-refractivity contribution in [3.8, 4) is 0 Å². The Labute approximate surface area is 212 Å². The molecule has 0 heterocycles. The molecule has 0 aliphatic rings. The second kappa shape index (κ2) is 13.0. The highest BCUT2D eigenvalue weighted by Crippen LogP contribution is 2.23. The lowest BCUT2D eigenvalue weighted by Crippen LogP contribution is -2.52. The molecule has 2 amide bonds. The van der Waals surface area contributed by atoms with E-state index >= 15 is 0 Å². The fraction of sp³-hybridized carbons (Fsp3) is 0.417. The Bertz CT molecular complexity index is 1080. The molecule has 2 aromatic rings. The van der Waals surface area contributed by atoms with Crippen molar-refractivity contribution in [3.63, 3.8) is 0 Å². The monoisotopic (exact) mass is 527 g/mol. The molecule has 1 atom stereocenters. The number of carbonyl (C=O) groups is 2. The van der Waals surface area contributed by atoms with Crippen LogP contribution in [-0.4, -0.2) is 50.5 Å². The lowest BCUT2D eigenvalue weighted by Gasteiger charge is -2.33. The molecule has 0 aromatic heterocycles. The first-order valence-electron chi connectivity index (χ1n) is 11.1. The summed E-state index contributed by atoms with van der Waals surface area (Å²) >= 11 is 12.0. The summed E-state index contributed by atoms with van der Waals surface area (Å²) in [5.41, 5.74) is 1.04. The van der Waals surface area contributed by atoms with E-state index in [4.69, 9.17) is 23.2 Å². The number of hydrogen-bond donors (Lipinski definition) is 1. The lowest BCUT2D eigenvalue weighted by molar-refractivity contribution is -0.140. The predicted molar refractivity (Wildman–Crippen MR) is 138 cm³/mol. The number of rotatable bonds is 12. The van der Waals surface area contributed by atoms with Crippen molar-refractivity contribution in [2.75, 3.05) is 23.7 Å². The highest BCUT2D eigenvalue weighted by molar-refractivity contribution is 7.92. The van der Waals surface area contributed by atoms with Gasteiger partial charge < -0.3 is 10.2 Å². The van der Waals surface area contributed by atoms with Crippen LogP contribution in [-0.2, 0) is 26.2 Å². The number of unbranched alkanes of at least 4 members (excludes halogenated alkanes) is 1. The maximum atomic E-state index is 13.5. The summed E-state index contributed by atoms with van der Waals surface area (Å²) < 4.78 is 26.1. The molecule has 0 radical (unpaired) electrons. The van der Waals surface area contributed by atoms with Gasteiger partial charge in [0.15, 0.2) is 0 Å². The summed E-state index contributed by atoms with van der Waals surface area (Å²) in [5, 5.41) is 3.78. The predicted octanol–water partition coefficient (Wildman–Crippen LogP) is 4.48. The standard InChI is InChI=1S/C24H31Cl2N3O4S/c1-4-6-14-27-24(31)22(5-2)28(16-18-10-12-19(25)13-11-18)23(30)17-29(34(3,32)33)21-9-7-8-20(26)15-21/h7-13,15,22H,4-6,14,16-17H2,1-3H3,(H,27,31). The topological polar surface area (TPSA) is 86.8 Å². The Morgan fingerprint density at radius 1 is 1.03 bits per heavy atom. The van der Waals surface area contributed by atoms with Gasteiger partial charge in [-0.15, -0.1) is 0 Å². The Hall–Kier alpha value is -2.29. The molecule has 1 unspecified atom stereocenters. The second-order valence-corrected chi connectivity index (χ2v) is 10.7. The first kappa shape index (κ1) is 28.0. The fourth-order valence-corrected chi connectivity index (χ4v) is 4.61. The molecule has 2 rings (SSSR count). The average Bonchev–Trinajstić information content (AvgIpc) is 2.78. The molecule has 1 N–H and O–H groups in total. The smallest absolute Gasteiger partial charge is 0.244 e. The number of hydrogen-bond acceptors (Lipinski definition) is 4. The zero-order valence-corrected chi connectivity index (χ0v) is 22.0. The van der Waals surface area contributed by atoms with Crippen LogP contribution in [0.25, 0.3) is 0 Å². The maximum Gasteiger partial charge on any atom is 0.244 e. The Morgan fingerprint density at radius 2 is 1.71 bits per heavy atom. The number of benzene rings is 2. The summed E-state index contributed by atoms with van der Waals surface area (Å²) in [6.07, 6.45) is 3.14. The van der Waals surface area contributed by atoms with E-state index in [0.29, 0.717) is 23.0 Å². The van der Waals surface area contributed by atoms with Gasteiger partial charge in [-0.05, 0) is 48.7 Å². The van der Waals surface area contributed by atoms with E-state index in [0.717, 1.165) is 29.0 Å². The molecule has 2 aromatic carbocycles. The highest BCUT2D eigenvalue weighted by atomic mass is 35.5. The quantitative estimate of drug-likeness (QED) is 0.412. The molecule has 0 aliphatic heterocycles. The molecule has 0 saturated carbocycles. The second-order valence-electron chi connectivity index (χ2n) is 7.97. The summed E-state index contributed by atoms with van der Waals surface area (Å²) in [5.74, 6) is -0.773. The molecule has 186 valence electrons. The van der Waals surface area contributed by atoms with E-state index in [9.17, 15) is 18.0 Å². The van der Waals surface area contributed by atoms with Crippen LogP contribution in [0, 0.1) is 0 Å². The third-order valence-corrected chi connectivity index (χ3v) is 6.88. The molecule has 7 nitrogen and oxygen atoms in total. The third-order valence-electron chi connectivity index (χ3n) is 5.26. The Kier molecular flexibility index (Phi) is 10.7. The molecule has 34 heavy (non-hydrogen) atoms. The average molecular weight is 529 g/mol. The Balaban J connectivity index is 2.39. The maximum absolute atomic E-state index is 13.5. The third kappa shape index (κ3) is 8.18. The van der Waals surface area contributed by atoms with Crippen molar-refractivity contribution in [1.82, 2.24) is 10.2 Å². The van der Waals surface area contributed by atoms with Crippen molar-refractivity contribution in [1.29, 1.82) is 0 Å². The van der Waals surface area contributed by atoms with Crippen LogP contribution in [0.15, 0.2) is 48.5 Å². The molecule has 10 heteroatoms. The zero-order chi connectivity index (χ0) is 25.3. The number of anilines is 1. The van der Waals surface area contributed by atoms with Gasteiger partial charge in [0, 0.05) is 23.1 Å². The molecule has 0 saturated heterocycles. The van der Waals surface area contributed by atoms with Gasteiger partial charge in [0.25, 0.3) is 0 Å². The summed E-state index contributed by atoms with van der Waals surface area (Å²) in [4.78, 5) is 27.9. The number of amides is 2. The minimum absolute atomic E-state index is 0.128. The zero-order valence-electron chi connectivity index (χ0n) is 19.6. The largest absolute Gasteiger partial charge is 0.354 e. The van der Waals surface area contributed by atoms with Gasteiger partial charge in [0.2, 0.25) is 21.8 Å². The van der Waals surface area contributed by atoms with Gasteiger partial charge in [-0.25, -0.2) is 8.42 Å². The lowest BCUT2D eigenvalue weighted by atomic mass is 10.1. The van der Waals surface area contributed by atoms with Crippen molar-refractivity contribution >= 4 is 50.7 Å². The van der Waals surface area contributed by atoms with E-state index in [1.165, 1.54) is 11.0 Å². The van der Waals surface area contributed by atoms with Gasteiger partial charge >= 0.3 is 0 Å². The summed E-state index contributed by atoms with van der Waals surface area (Å²) in [7, 11) is -3.80. The van der Waals surface area contributed by atoms with Crippen LogP contribution < -0.4 is 9.62 Å². The fourth-order valence-electron chi connectivity index (χ4n) is 3.46. The van der Waals surface area contributed by atoms with Crippen LogP contribution in [0.4, 0.5) is 5.69 Å². The number of nitrogens with zero attached hydrogens (tertiary/aromatic N) is 2. The number of halogens is 2. The molecule has 0 bridgehead atoms. The first-order chi connectivity index (χ1) is 16.1.